The fourth-order valence-electron chi connectivity index (χ4n) is 2.21. The average Bonchev–Trinajstić information content (AvgIpc) is 2.59. The van der Waals surface area contributed by atoms with Gasteiger partial charge >= 0.3 is 17.8 Å². The molecule has 0 aliphatic heterocycles. The van der Waals surface area contributed by atoms with Crippen LogP contribution in [0.3, 0.4) is 0 Å². The molecule has 2 N–H and O–H groups in total. The predicted molar refractivity (Wildman–Crippen MR) is 96.3 cm³/mol. The summed E-state index contributed by atoms with van der Waals surface area (Å²) in [6.07, 6.45) is -4.53. The number of esters is 1. The number of alkyl halides is 3. The molecule has 0 spiro atoms. The van der Waals surface area contributed by atoms with E-state index in [2.05, 4.69) is 15.3 Å². The molecule has 7 nitrogen and oxygen atoms in total. The third-order valence-electron chi connectivity index (χ3n) is 3.38. The van der Waals surface area contributed by atoms with E-state index in [0.29, 0.717) is 0 Å². The molecule has 0 atom stereocenters. The van der Waals surface area contributed by atoms with Crippen molar-refractivity contribution in [3.63, 3.8) is 0 Å². The Morgan fingerprint density at radius 2 is 2.04 bits per heavy atom. The number of anilines is 1. The molecule has 1 amide bonds. The lowest BCUT2D eigenvalue weighted by Crippen LogP contribution is -2.21. The molecule has 0 aliphatic carbocycles. The monoisotopic (exact) mass is 415 g/mol. The normalized spacial score (nSPS) is 11.2. The highest BCUT2D eigenvalue weighted by Gasteiger charge is 2.30. The zero-order valence-electron chi connectivity index (χ0n) is 14.8. The van der Waals surface area contributed by atoms with Crippen LogP contribution in [0.2, 0.25) is 0 Å². The van der Waals surface area contributed by atoms with Crippen LogP contribution in [0, 0.1) is 6.92 Å². The van der Waals surface area contributed by atoms with Crippen LogP contribution in [0.25, 0.3) is 0 Å². The number of benzene rings is 1. The second kappa shape index (κ2) is 8.91. The lowest BCUT2D eigenvalue weighted by molar-refractivity contribution is -0.137. The Balaban J connectivity index is 2.13. The number of carbonyl (C=O) groups is 2. The van der Waals surface area contributed by atoms with Gasteiger partial charge in [0, 0.05) is 11.4 Å². The van der Waals surface area contributed by atoms with Crippen LogP contribution in [0.4, 0.5) is 18.9 Å². The van der Waals surface area contributed by atoms with Gasteiger partial charge in [0.1, 0.15) is 10.6 Å². The van der Waals surface area contributed by atoms with Crippen LogP contribution < -0.4 is 11.0 Å². The largest absolute Gasteiger partial charge is 0.462 e. The van der Waals surface area contributed by atoms with Gasteiger partial charge in [0.15, 0.2) is 0 Å². The SMILES string of the molecule is CCOC(=O)c1c(SCC(=O)Nc2cccc(C(F)(F)F)c2)nc(=O)[nH]c1C. The second-order valence-electron chi connectivity index (χ2n) is 5.48. The zero-order chi connectivity index (χ0) is 20.9. The van der Waals surface area contributed by atoms with Crippen molar-refractivity contribution in [3.05, 3.63) is 51.6 Å². The molecular weight excluding hydrogens is 399 g/mol. The van der Waals surface area contributed by atoms with E-state index in [1.807, 2.05) is 0 Å². The highest BCUT2D eigenvalue weighted by atomic mass is 32.2. The Bertz CT molecular complexity index is 944. The van der Waals surface area contributed by atoms with Gasteiger partial charge in [0.05, 0.1) is 17.9 Å². The number of hydrogen-bond donors (Lipinski definition) is 2. The molecule has 0 fully saturated rings. The summed E-state index contributed by atoms with van der Waals surface area (Å²) in [5, 5.41) is 2.34. The van der Waals surface area contributed by atoms with Crippen molar-refractivity contribution in [1.29, 1.82) is 0 Å². The van der Waals surface area contributed by atoms with Crippen LogP contribution in [0.5, 0.6) is 0 Å². The summed E-state index contributed by atoms with van der Waals surface area (Å²) in [5.41, 5.74) is -1.36. The summed E-state index contributed by atoms with van der Waals surface area (Å²) in [5.74, 6) is -1.61. The molecular formula is C17H16F3N3O4S. The number of ether oxygens (including phenoxy) is 1. The van der Waals surface area contributed by atoms with Crippen LogP contribution in [-0.2, 0) is 15.7 Å². The summed E-state index contributed by atoms with van der Waals surface area (Å²) >= 11 is 0.800. The van der Waals surface area contributed by atoms with Gasteiger partial charge in [0.2, 0.25) is 5.91 Å². The molecule has 0 bridgehead atoms. The van der Waals surface area contributed by atoms with Gasteiger partial charge < -0.3 is 15.0 Å². The van der Waals surface area contributed by atoms with Crippen molar-refractivity contribution in [2.45, 2.75) is 25.0 Å². The molecule has 1 aromatic heterocycles. The first-order valence-electron chi connectivity index (χ1n) is 7.99. The van der Waals surface area contributed by atoms with Crippen molar-refractivity contribution in [2.75, 3.05) is 17.7 Å². The lowest BCUT2D eigenvalue weighted by Gasteiger charge is -2.11. The molecule has 1 aromatic carbocycles. The third kappa shape index (κ3) is 5.59. The fraction of sp³-hybridized carbons (Fsp3) is 0.294. The van der Waals surface area contributed by atoms with Crippen LogP contribution >= 0.6 is 11.8 Å². The Hall–Kier alpha value is -2.82. The molecule has 1 heterocycles. The topological polar surface area (TPSA) is 101 Å². The van der Waals surface area contributed by atoms with Gasteiger partial charge in [0.25, 0.3) is 0 Å². The number of nitrogens with zero attached hydrogens (tertiary/aromatic N) is 1. The van der Waals surface area contributed by atoms with Crippen molar-refractivity contribution < 1.29 is 27.5 Å². The average molecular weight is 415 g/mol. The molecule has 150 valence electrons. The predicted octanol–water partition coefficient (Wildman–Crippen LogP) is 3.00. The van der Waals surface area contributed by atoms with E-state index in [9.17, 15) is 27.6 Å². The minimum atomic E-state index is -4.53. The molecule has 11 heteroatoms. The van der Waals surface area contributed by atoms with E-state index < -0.39 is 29.3 Å². The van der Waals surface area contributed by atoms with Gasteiger partial charge in [-0.25, -0.2) is 9.59 Å². The first-order chi connectivity index (χ1) is 13.1. The third-order valence-corrected chi connectivity index (χ3v) is 4.35. The number of carbonyl (C=O) groups excluding carboxylic acids is 2. The van der Waals surface area contributed by atoms with E-state index in [1.165, 1.54) is 19.1 Å². The summed E-state index contributed by atoms with van der Waals surface area (Å²) in [7, 11) is 0. The number of amides is 1. The minimum Gasteiger partial charge on any atom is -0.462 e. The van der Waals surface area contributed by atoms with Gasteiger partial charge in [-0.1, -0.05) is 17.8 Å². The molecule has 0 saturated heterocycles. The first kappa shape index (κ1) is 21.5. The van der Waals surface area contributed by atoms with Crippen molar-refractivity contribution in [2.24, 2.45) is 0 Å². The number of aromatic nitrogens is 2. The van der Waals surface area contributed by atoms with E-state index in [0.717, 1.165) is 23.9 Å². The summed E-state index contributed by atoms with van der Waals surface area (Å²) in [6, 6.07) is 4.19. The summed E-state index contributed by atoms with van der Waals surface area (Å²) < 4.78 is 43.1. The Labute approximate surface area is 161 Å². The van der Waals surface area contributed by atoms with E-state index >= 15 is 0 Å². The van der Waals surface area contributed by atoms with E-state index in [1.54, 1.807) is 6.92 Å². The molecule has 0 radical (unpaired) electrons. The highest BCUT2D eigenvalue weighted by molar-refractivity contribution is 8.00. The number of aromatic amines is 1. The quantitative estimate of drug-likeness (QED) is 0.427. The maximum absolute atomic E-state index is 12.7. The highest BCUT2D eigenvalue weighted by Crippen LogP contribution is 2.30. The fourth-order valence-corrected chi connectivity index (χ4v) is 3.08. The number of hydrogen-bond acceptors (Lipinski definition) is 6. The smallest absolute Gasteiger partial charge is 0.416 e. The zero-order valence-corrected chi connectivity index (χ0v) is 15.7. The molecule has 0 unspecified atom stereocenters. The number of nitrogens with one attached hydrogen (secondary N) is 2. The van der Waals surface area contributed by atoms with Crippen molar-refractivity contribution >= 4 is 29.3 Å². The molecule has 2 rings (SSSR count). The van der Waals surface area contributed by atoms with Crippen LogP contribution in [0.15, 0.2) is 34.1 Å². The number of halogens is 3. The summed E-state index contributed by atoms with van der Waals surface area (Å²) in [6.45, 7) is 3.21. The van der Waals surface area contributed by atoms with Gasteiger partial charge in [-0.05, 0) is 32.0 Å². The maximum Gasteiger partial charge on any atom is 0.416 e. The Morgan fingerprint density at radius 3 is 2.68 bits per heavy atom. The summed E-state index contributed by atoms with van der Waals surface area (Å²) in [4.78, 5) is 41.8. The van der Waals surface area contributed by atoms with E-state index in [-0.39, 0.29) is 34.3 Å². The number of rotatable bonds is 6. The molecule has 2 aromatic rings. The Kier molecular flexibility index (Phi) is 6.84. The van der Waals surface area contributed by atoms with Crippen LogP contribution in [-0.4, -0.2) is 34.2 Å². The van der Waals surface area contributed by atoms with E-state index in [4.69, 9.17) is 4.74 Å². The molecule has 28 heavy (non-hydrogen) atoms. The van der Waals surface area contributed by atoms with Crippen molar-refractivity contribution in [3.8, 4) is 0 Å². The Morgan fingerprint density at radius 1 is 1.32 bits per heavy atom. The first-order valence-corrected chi connectivity index (χ1v) is 8.98. The number of aryl methyl sites for hydroxylation is 1. The van der Waals surface area contributed by atoms with Gasteiger partial charge in [-0.2, -0.15) is 18.2 Å². The van der Waals surface area contributed by atoms with Gasteiger partial charge in [-0.15, -0.1) is 0 Å². The van der Waals surface area contributed by atoms with Crippen LogP contribution in [0.1, 0.15) is 28.5 Å². The number of thioether (sulfide) groups is 1. The lowest BCUT2D eigenvalue weighted by atomic mass is 10.2. The standard InChI is InChI=1S/C17H16F3N3O4S/c1-3-27-15(25)13-9(2)21-16(26)23-14(13)28-8-12(24)22-11-6-4-5-10(7-11)17(18,19)20/h4-7H,3,8H2,1-2H3,(H,22,24)(H,21,23,26). The minimum absolute atomic E-state index is 0.00103. The second-order valence-corrected chi connectivity index (χ2v) is 6.45. The molecule has 0 aliphatic rings. The number of H-pyrrole nitrogens is 1. The molecule has 0 saturated carbocycles. The maximum atomic E-state index is 12.7. The van der Waals surface area contributed by atoms with Gasteiger partial charge in [-0.3, -0.25) is 4.79 Å². The van der Waals surface area contributed by atoms with Crippen molar-refractivity contribution in [1.82, 2.24) is 9.97 Å².